The smallest absolute Gasteiger partial charge is 0.141 e. The molecule has 0 saturated carbocycles. The molecule has 0 radical (unpaired) electrons. The maximum atomic E-state index is 12.9. The van der Waals surface area contributed by atoms with Crippen LogP contribution in [0.1, 0.15) is 17.2 Å². The normalized spacial score (nSPS) is 12.6. The molecular weight excluding hydrogens is 245 g/mol. The lowest BCUT2D eigenvalue weighted by atomic mass is 10.0. The topological polar surface area (TPSA) is 74.9 Å². The van der Waals surface area contributed by atoms with Crippen molar-refractivity contribution in [2.24, 2.45) is 0 Å². The van der Waals surface area contributed by atoms with Crippen LogP contribution in [0.2, 0.25) is 5.02 Å². The number of halogens is 2. The van der Waals surface area contributed by atoms with Crippen molar-refractivity contribution < 1.29 is 9.50 Å². The number of aromatic amines is 1. The molecule has 1 atom stereocenters. The average molecular weight is 256 g/mol. The number of benzene rings is 1. The zero-order chi connectivity index (χ0) is 12.4. The highest BCUT2D eigenvalue weighted by Gasteiger charge is 2.14. The SMILES string of the molecule is Nc1[nH]ncc1C(O)Cc1ccc(F)c(Cl)c1. The van der Waals surface area contributed by atoms with Gasteiger partial charge in [-0.1, -0.05) is 17.7 Å². The molecule has 0 saturated heterocycles. The molecule has 4 nitrogen and oxygen atoms in total. The highest BCUT2D eigenvalue weighted by atomic mass is 35.5. The van der Waals surface area contributed by atoms with Crippen LogP contribution in [-0.2, 0) is 6.42 Å². The van der Waals surface area contributed by atoms with Crippen molar-refractivity contribution in [3.63, 3.8) is 0 Å². The summed E-state index contributed by atoms with van der Waals surface area (Å²) in [5.74, 6) is -0.154. The van der Waals surface area contributed by atoms with E-state index in [9.17, 15) is 9.50 Å². The summed E-state index contributed by atoms with van der Waals surface area (Å²) in [6.45, 7) is 0. The van der Waals surface area contributed by atoms with Crippen LogP contribution < -0.4 is 5.73 Å². The number of hydrogen-bond acceptors (Lipinski definition) is 3. The van der Waals surface area contributed by atoms with Crippen LogP contribution in [-0.4, -0.2) is 15.3 Å². The van der Waals surface area contributed by atoms with Gasteiger partial charge in [0.15, 0.2) is 0 Å². The Bertz CT molecular complexity index is 529. The van der Waals surface area contributed by atoms with E-state index >= 15 is 0 Å². The number of H-pyrrole nitrogens is 1. The molecule has 0 aliphatic rings. The Balaban J connectivity index is 2.16. The molecule has 0 spiro atoms. The third-order valence-corrected chi connectivity index (χ3v) is 2.76. The van der Waals surface area contributed by atoms with Gasteiger partial charge in [-0.05, 0) is 17.7 Å². The van der Waals surface area contributed by atoms with Gasteiger partial charge in [0.1, 0.15) is 11.6 Å². The summed E-state index contributed by atoms with van der Waals surface area (Å²) in [4.78, 5) is 0. The fourth-order valence-corrected chi connectivity index (χ4v) is 1.77. The lowest BCUT2D eigenvalue weighted by molar-refractivity contribution is 0.179. The molecule has 0 aliphatic heterocycles. The fourth-order valence-electron chi connectivity index (χ4n) is 1.57. The van der Waals surface area contributed by atoms with Gasteiger partial charge < -0.3 is 10.8 Å². The molecule has 1 aromatic carbocycles. The molecule has 90 valence electrons. The lowest BCUT2D eigenvalue weighted by Gasteiger charge is -2.09. The second kappa shape index (κ2) is 4.73. The number of hydrogen-bond donors (Lipinski definition) is 3. The van der Waals surface area contributed by atoms with Gasteiger partial charge in [0.25, 0.3) is 0 Å². The van der Waals surface area contributed by atoms with Crippen molar-refractivity contribution >= 4 is 17.4 Å². The molecule has 1 heterocycles. The molecule has 6 heteroatoms. The van der Waals surface area contributed by atoms with E-state index in [4.69, 9.17) is 17.3 Å². The van der Waals surface area contributed by atoms with Crippen molar-refractivity contribution in [3.05, 3.63) is 46.4 Å². The first-order valence-electron chi connectivity index (χ1n) is 4.98. The van der Waals surface area contributed by atoms with E-state index in [1.807, 2.05) is 0 Å². The van der Waals surface area contributed by atoms with Gasteiger partial charge in [-0.15, -0.1) is 0 Å². The minimum Gasteiger partial charge on any atom is -0.388 e. The Hall–Kier alpha value is -1.59. The highest BCUT2D eigenvalue weighted by molar-refractivity contribution is 6.30. The fraction of sp³-hybridized carbons (Fsp3) is 0.182. The Labute approximate surface area is 102 Å². The van der Waals surface area contributed by atoms with Crippen LogP contribution in [0.3, 0.4) is 0 Å². The van der Waals surface area contributed by atoms with Gasteiger partial charge in [-0.3, -0.25) is 5.10 Å². The first-order chi connectivity index (χ1) is 8.08. The zero-order valence-electron chi connectivity index (χ0n) is 8.82. The Morgan fingerprint density at radius 3 is 2.88 bits per heavy atom. The van der Waals surface area contributed by atoms with Crippen molar-refractivity contribution in [2.75, 3.05) is 5.73 Å². The number of nitrogens with one attached hydrogen (secondary N) is 1. The summed E-state index contributed by atoms with van der Waals surface area (Å²) in [5.41, 5.74) is 6.83. The average Bonchev–Trinajstić information content (AvgIpc) is 2.70. The molecule has 0 fully saturated rings. The van der Waals surface area contributed by atoms with Crippen molar-refractivity contribution in [1.29, 1.82) is 0 Å². The Morgan fingerprint density at radius 1 is 1.53 bits per heavy atom. The largest absolute Gasteiger partial charge is 0.388 e. The summed E-state index contributed by atoms with van der Waals surface area (Å²) < 4.78 is 12.9. The maximum Gasteiger partial charge on any atom is 0.141 e. The number of rotatable bonds is 3. The van der Waals surface area contributed by atoms with E-state index in [0.717, 1.165) is 5.56 Å². The third-order valence-electron chi connectivity index (χ3n) is 2.47. The third kappa shape index (κ3) is 2.57. The van der Waals surface area contributed by atoms with Crippen LogP contribution in [0.5, 0.6) is 0 Å². The number of nitrogens with zero attached hydrogens (tertiary/aromatic N) is 1. The van der Waals surface area contributed by atoms with Gasteiger partial charge in [0, 0.05) is 12.0 Å². The molecule has 4 N–H and O–H groups in total. The van der Waals surface area contributed by atoms with E-state index in [2.05, 4.69) is 10.2 Å². The van der Waals surface area contributed by atoms with Gasteiger partial charge in [-0.25, -0.2) is 4.39 Å². The van der Waals surface area contributed by atoms with Crippen LogP contribution in [0.15, 0.2) is 24.4 Å². The molecule has 0 aliphatic carbocycles. The Kier molecular flexibility index (Phi) is 3.31. The van der Waals surface area contributed by atoms with E-state index < -0.39 is 11.9 Å². The molecular formula is C11H11ClFN3O. The first-order valence-corrected chi connectivity index (χ1v) is 5.36. The van der Waals surface area contributed by atoms with E-state index in [-0.39, 0.29) is 5.02 Å². The van der Waals surface area contributed by atoms with Crippen molar-refractivity contribution in [3.8, 4) is 0 Å². The van der Waals surface area contributed by atoms with Crippen molar-refractivity contribution in [2.45, 2.75) is 12.5 Å². The van der Waals surface area contributed by atoms with Crippen LogP contribution in [0, 0.1) is 5.82 Å². The molecule has 1 aromatic heterocycles. The minimum atomic E-state index is -0.796. The van der Waals surface area contributed by atoms with Crippen LogP contribution in [0.25, 0.3) is 0 Å². The zero-order valence-corrected chi connectivity index (χ0v) is 9.58. The molecule has 0 bridgehead atoms. The van der Waals surface area contributed by atoms with E-state index in [0.29, 0.717) is 17.8 Å². The predicted molar refractivity (Wildman–Crippen MR) is 63.1 cm³/mol. The number of nitrogen functional groups attached to an aromatic ring is 1. The van der Waals surface area contributed by atoms with Gasteiger partial charge in [0.2, 0.25) is 0 Å². The van der Waals surface area contributed by atoms with Crippen LogP contribution in [0.4, 0.5) is 10.2 Å². The second-order valence-corrected chi connectivity index (χ2v) is 4.11. The second-order valence-electron chi connectivity index (χ2n) is 3.71. The quantitative estimate of drug-likeness (QED) is 0.786. The lowest BCUT2D eigenvalue weighted by Crippen LogP contribution is -2.04. The molecule has 2 aromatic rings. The first kappa shape index (κ1) is 11.9. The van der Waals surface area contributed by atoms with Crippen LogP contribution >= 0.6 is 11.6 Å². The standard InChI is InChI=1S/C11H11ClFN3O/c12-8-3-6(1-2-9(8)13)4-10(17)7-5-15-16-11(7)14/h1-3,5,10,17H,4H2,(H3,14,15,16). The van der Waals surface area contributed by atoms with E-state index in [1.54, 1.807) is 6.07 Å². The molecule has 17 heavy (non-hydrogen) atoms. The number of aliphatic hydroxyl groups excluding tert-OH is 1. The number of aromatic nitrogens is 2. The summed E-state index contributed by atoms with van der Waals surface area (Å²) in [7, 11) is 0. The van der Waals surface area contributed by atoms with Gasteiger partial charge in [0.05, 0.1) is 17.3 Å². The van der Waals surface area contributed by atoms with Crippen molar-refractivity contribution in [1.82, 2.24) is 10.2 Å². The predicted octanol–water partition coefficient (Wildman–Crippen LogP) is 2.06. The monoisotopic (exact) mass is 255 g/mol. The summed E-state index contributed by atoms with van der Waals surface area (Å²) in [6.07, 6.45) is 0.963. The van der Waals surface area contributed by atoms with Gasteiger partial charge in [-0.2, -0.15) is 5.10 Å². The summed E-state index contributed by atoms with van der Waals surface area (Å²) in [5, 5.41) is 16.2. The van der Waals surface area contributed by atoms with Gasteiger partial charge >= 0.3 is 0 Å². The Morgan fingerprint density at radius 2 is 2.29 bits per heavy atom. The molecule has 1 unspecified atom stereocenters. The molecule has 2 rings (SSSR count). The molecule has 0 amide bonds. The highest BCUT2D eigenvalue weighted by Crippen LogP contribution is 2.24. The minimum absolute atomic E-state index is 0.0369. The summed E-state index contributed by atoms with van der Waals surface area (Å²) >= 11 is 5.65. The summed E-state index contributed by atoms with van der Waals surface area (Å²) in [6, 6.07) is 4.32. The maximum absolute atomic E-state index is 12.9. The van der Waals surface area contributed by atoms with E-state index in [1.165, 1.54) is 18.3 Å². The number of aliphatic hydroxyl groups is 1. The number of nitrogens with two attached hydrogens (primary N) is 1. The number of anilines is 1.